The maximum atomic E-state index is 12.8. The Hall–Kier alpha value is -4.17. The van der Waals surface area contributed by atoms with Gasteiger partial charge in [-0.1, -0.05) is 54.1 Å². The van der Waals surface area contributed by atoms with E-state index in [1.807, 2.05) is 36.4 Å². The van der Waals surface area contributed by atoms with Gasteiger partial charge in [-0.3, -0.25) is 0 Å². The number of esters is 1. The Kier molecular flexibility index (Phi) is 7.19. The molecule has 1 aromatic heterocycles. The van der Waals surface area contributed by atoms with Gasteiger partial charge in [0.2, 0.25) is 11.8 Å². The van der Waals surface area contributed by atoms with Crippen molar-refractivity contribution in [3.05, 3.63) is 101 Å². The van der Waals surface area contributed by atoms with Gasteiger partial charge in [-0.15, -0.1) is 10.2 Å². The van der Waals surface area contributed by atoms with Crippen molar-refractivity contribution in [2.24, 2.45) is 0 Å². The fourth-order valence-electron chi connectivity index (χ4n) is 3.23. The lowest BCUT2D eigenvalue weighted by atomic mass is 10.1. The van der Waals surface area contributed by atoms with Gasteiger partial charge in [-0.25, -0.2) is 9.59 Å². The molecule has 172 valence electrons. The summed E-state index contributed by atoms with van der Waals surface area (Å²) in [4.78, 5) is 24.6. The van der Waals surface area contributed by atoms with Crippen LogP contribution in [0.3, 0.4) is 0 Å². The molecule has 0 bridgehead atoms. The number of hydrogen-bond acceptors (Lipinski definition) is 6. The Morgan fingerprint density at radius 1 is 0.971 bits per heavy atom. The number of hydrogen-bond donors (Lipinski definition) is 2. The zero-order chi connectivity index (χ0) is 23.9. The van der Waals surface area contributed by atoms with E-state index < -0.39 is 18.0 Å². The second-order valence-corrected chi connectivity index (χ2v) is 7.57. The number of rotatable bonds is 7. The smallest absolute Gasteiger partial charge is 0.338 e. The number of urea groups is 1. The molecule has 3 aromatic carbocycles. The van der Waals surface area contributed by atoms with E-state index in [1.54, 1.807) is 49.4 Å². The minimum atomic E-state index is -0.705. The number of carbonyl (C=O) groups is 2. The lowest BCUT2D eigenvalue weighted by Crippen LogP contribution is -2.33. The molecule has 1 atom stereocenters. The fourth-order valence-corrected chi connectivity index (χ4v) is 3.45. The number of carbonyl (C=O) groups excluding carboxylic acids is 2. The van der Waals surface area contributed by atoms with E-state index in [2.05, 4.69) is 20.8 Å². The summed E-state index contributed by atoms with van der Waals surface area (Å²) in [6, 6.07) is 21.6. The van der Waals surface area contributed by atoms with Crippen molar-refractivity contribution in [3.8, 4) is 11.5 Å². The van der Waals surface area contributed by atoms with Crippen LogP contribution in [0, 0.1) is 0 Å². The summed E-state index contributed by atoms with van der Waals surface area (Å²) in [5, 5.41) is 14.3. The molecule has 0 aliphatic heterocycles. The second-order valence-electron chi connectivity index (χ2n) is 7.17. The molecule has 0 saturated heterocycles. The Labute approximate surface area is 200 Å². The predicted octanol–water partition coefficient (Wildman–Crippen LogP) is 5.48. The number of aromatic nitrogens is 2. The molecule has 0 spiro atoms. The van der Waals surface area contributed by atoms with Gasteiger partial charge in [0.15, 0.2) is 0 Å². The largest absolute Gasteiger partial charge is 0.462 e. The van der Waals surface area contributed by atoms with Crippen LogP contribution in [-0.2, 0) is 4.74 Å². The van der Waals surface area contributed by atoms with Crippen LogP contribution in [-0.4, -0.2) is 28.8 Å². The Morgan fingerprint density at radius 2 is 1.68 bits per heavy atom. The maximum absolute atomic E-state index is 12.8. The van der Waals surface area contributed by atoms with Crippen molar-refractivity contribution in [2.75, 3.05) is 11.9 Å². The maximum Gasteiger partial charge on any atom is 0.338 e. The van der Waals surface area contributed by atoms with E-state index in [0.717, 1.165) is 5.56 Å². The topological polar surface area (TPSA) is 106 Å². The normalized spacial score (nSPS) is 11.5. The summed E-state index contributed by atoms with van der Waals surface area (Å²) in [6.45, 7) is 2.03. The first-order chi connectivity index (χ1) is 16.5. The highest BCUT2D eigenvalue weighted by Crippen LogP contribution is 2.29. The third-order valence-corrected chi connectivity index (χ3v) is 5.18. The summed E-state index contributed by atoms with van der Waals surface area (Å²) in [5.41, 5.74) is 2.25. The van der Waals surface area contributed by atoms with Crippen LogP contribution in [0.25, 0.3) is 11.5 Å². The molecule has 1 heterocycles. The highest BCUT2D eigenvalue weighted by atomic mass is 35.5. The molecule has 9 heteroatoms. The Bertz CT molecular complexity index is 1280. The van der Waals surface area contributed by atoms with Crippen molar-refractivity contribution >= 4 is 29.3 Å². The molecular formula is C25H21ClN4O4. The molecule has 4 aromatic rings. The lowest BCUT2D eigenvalue weighted by molar-refractivity contribution is 0.0526. The number of nitrogens with zero attached hydrogens (tertiary/aromatic N) is 2. The van der Waals surface area contributed by atoms with Crippen LogP contribution in [0.2, 0.25) is 5.02 Å². The predicted molar refractivity (Wildman–Crippen MR) is 128 cm³/mol. The molecule has 8 nitrogen and oxygen atoms in total. The SMILES string of the molecule is CCOC(=O)c1ccc(NC(=O)N[C@H](c2ccccc2)c2nnc(-c3ccccc3Cl)o2)cc1. The zero-order valence-corrected chi connectivity index (χ0v) is 19.0. The first-order valence-corrected chi connectivity index (χ1v) is 10.9. The Balaban J connectivity index is 1.53. The van der Waals surface area contributed by atoms with Gasteiger partial charge in [0.25, 0.3) is 0 Å². The van der Waals surface area contributed by atoms with Crippen molar-refractivity contribution < 1.29 is 18.7 Å². The summed E-state index contributed by atoms with van der Waals surface area (Å²) in [6.07, 6.45) is 0. The number of halogens is 1. The van der Waals surface area contributed by atoms with Crippen molar-refractivity contribution in [2.45, 2.75) is 13.0 Å². The van der Waals surface area contributed by atoms with Gasteiger partial charge >= 0.3 is 12.0 Å². The highest BCUT2D eigenvalue weighted by Gasteiger charge is 2.24. The minimum absolute atomic E-state index is 0.203. The van der Waals surface area contributed by atoms with E-state index in [9.17, 15) is 9.59 Å². The van der Waals surface area contributed by atoms with Crippen LogP contribution in [0.15, 0.2) is 83.3 Å². The third-order valence-electron chi connectivity index (χ3n) is 4.85. The lowest BCUT2D eigenvalue weighted by Gasteiger charge is -2.16. The molecule has 4 rings (SSSR count). The molecule has 2 amide bonds. The van der Waals surface area contributed by atoms with Gasteiger partial charge in [-0.2, -0.15) is 0 Å². The summed E-state index contributed by atoms with van der Waals surface area (Å²) in [7, 11) is 0. The first kappa shape index (κ1) is 23.0. The molecule has 0 unspecified atom stereocenters. The summed E-state index contributed by atoms with van der Waals surface area (Å²) in [5.74, 6) is 0.0283. The number of nitrogens with one attached hydrogen (secondary N) is 2. The van der Waals surface area contributed by atoms with Gasteiger partial charge < -0.3 is 19.8 Å². The first-order valence-electron chi connectivity index (χ1n) is 10.5. The van der Waals surface area contributed by atoms with Gasteiger partial charge in [0, 0.05) is 5.69 Å². The molecule has 0 radical (unpaired) electrons. The monoisotopic (exact) mass is 476 g/mol. The van der Waals surface area contributed by atoms with Crippen molar-refractivity contribution in [1.82, 2.24) is 15.5 Å². The molecule has 0 saturated carbocycles. The molecule has 34 heavy (non-hydrogen) atoms. The molecule has 0 fully saturated rings. The summed E-state index contributed by atoms with van der Waals surface area (Å²) < 4.78 is 10.9. The number of benzene rings is 3. The van der Waals surface area contributed by atoms with Gasteiger partial charge in [0.1, 0.15) is 6.04 Å². The number of amides is 2. The fraction of sp³-hybridized carbons (Fsp3) is 0.120. The van der Waals surface area contributed by atoms with Crippen LogP contribution in [0.5, 0.6) is 0 Å². The third kappa shape index (κ3) is 5.41. The van der Waals surface area contributed by atoms with Gasteiger partial charge in [0.05, 0.1) is 22.8 Å². The highest BCUT2D eigenvalue weighted by molar-refractivity contribution is 6.33. The van der Waals surface area contributed by atoms with E-state index in [1.165, 1.54) is 0 Å². The van der Waals surface area contributed by atoms with E-state index >= 15 is 0 Å². The van der Waals surface area contributed by atoms with Crippen molar-refractivity contribution in [1.29, 1.82) is 0 Å². The zero-order valence-electron chi connectivity index (χ0n) is 18.2. The average Bonchev–Trinajstić information content (AvgIpc) is 3.34. The quantitative estimate of drug-likeness (QED) is 0.342. The molecule has 0 aliphatic rings. The second kappa shape index (κ2) is 10.6. The van der Waals surface area contributed by atoms with Crippen LogP contribution >= 0.6 is 11.6 Å². The van der Waals surface area contributed by atoms with Crippen LogP contribution in [0.1, 0.15) is 34.8 Å². The van der Waals surface area contributed by atoms with E-state index in [-0.39, 0.29) is 18.4 Å². The van der Waals surface area contributed by atoms with Crippen LogP contribution in [0.4, 0.5) is 10.5 Å². The van der Waals surface area contributed by atoms with Crippen molar-refractivity contribution in [3.63, 3.8) is 0 Å². The van der Waals surface area contributed by atoms with Gasteiger partial charge in [-0.05, 0) is 48.9 Å². The molecule has 2 N–H and O–H groups in total. The number of ether oxygens (including phenoxy) is 1. The average molecular weight is 477 g/mol. The summed E-state index contributed by atoms with van der Waals surface area (Å²) >= 11 is 6.25. The molecule has 0 aliphatic carbocycles. The Morgan fingerprint density at radius 3 is 2.38 bits per heavy atom. The minimum Gasteiger partial charge on any atom is -0.462 e. The molecular weight excluding hydrogens is 456 g/mol. The van der Waals surface area contributed by atoms with E-state index in [4.69, 9.17) is 20.8 Å². The van der Waals surface area contributed by atoms with Crippen LogP contribution < -0.4 is 10.6 Å². The van der Waals surface area contributed by atoms with E-state index in [0.29, 0.717) is 21.8 Å². The number of anilines is 1. The standard InChI is InChI=1S/C25H21ClN4O4/c1-2-33-24(31)17-12-14-18(15-13-17)27-25(32)28-21(16-8-4-3-5-9-16)23-30-29-22(34-23)19-10-6-7-11-20(19)26/h3-15,21H,2H2,1H3,(H2,27,28,32)/t21-/m1/s1.